The molecule has 114 valence electrons. The van der Waals surface area contributed by atoms with E-state index in [9.17, 15) is 0 Å². The molecular formula is C17H20N4O. The van der Waals surface area contributed by atoms with Crippen LogP contribution in [0.1, 0.15) is 18.5 Å². The van der Waals surface area contributed by atoms with Gasteiger partial charge >= 0.3 is 0 Å². The van der Waals surface area contributed by atoms with Crippen molar-refractivity contribution >= 4 is 16.7 Å². The summed E-state index contributed by atoms with van der Waals surface area (Å²) in [4.78, 5) is 8.43. The molecule has 4 aliphatic heterocycles. The van der Waals surface area contributed by atoms with Gasteiger partial charge in [0.05, 0.1) is 12.2 Å². The molecule has 2 aromatic rings. The van der Waals surface area contributed by atoms with Gasteiger partial charge in [-0.3, -0.25) is 4.90 Å². The van der Waals surface area contributed by atoms with Gasteiger partial charge in [0.1, 0.15) is 0 Å². The summed E-state index contributed by atoms with van der Waals surface area (Å²) in [6.45, 7) is 3.33. The van der Waals surface area contributed by atoms with E-state index in [0.29, 0.717) is 5.92 Å². The van der Waals surface area contributed by atoms with E-state index < -0.39 is 0 Å². The van der Waals surface area contributed by atoms with Crippen LogP contribution in [0.4, 0.5) is 0 Å². The molecule has 0 aliphatic carbocycles. The van der Waals surface area contributed by atoms with Gasteiger partial charge in [0.25, 0.3) is 0 Å². The predicted molar refractivity (Wildman–Crippen MR) is 85.6 cm³/mol. The van der Waals surface area contributed by atoms with Gasteiger partial charge in [0.15, 0.2) is 5.84 Å². The first kappa shape index (κ1) is 12.5. The lowest BCUT2D eigenvalue weighted by molar-refractivity contribution is -0.148. The predicted octanol–water partition coefficient (Wildman–Crippen LogP) is 1.88. The summed E-state index contributed by atoms with van der Waals surface area (Å²) in [7, 11) is 2.09. The van der Waals surface area contributed by atoms with Crippen LogP contribution >= 0.6 is 0 Å². The Balaban J connectivity index is 1.50. The van der Waals surface area contributed by atoms with Gasteiger partial charge in [0.2, 0.25) is 5.72 Å². The van der Waals surface area contributed by atoms with E-state index in [-0.39, 0.29) is 5.72 Å². The molecule has 5 heteroatoms. The number of nitrogens with one attached hydrogen (secondary N) is 1. The van der Waals surface area contributed by atoms with Gasteiger partial charge in [-0.2, -0.15) is 0 Å². The van der Waals surface area contributed by atoms with Crippen LogP contribution in [0.25, 0.3) is 10.9 Å². The molecule has 2 bridgehead atoms. The van der Waals surface area contributed by atoms with E-state index in [2.05, 4.69) is 57.3 Å². The molecule has 0 radical (unpaired) electrons. The number of benzene rings is 1. The maximum atomic E-state index is 5.96. The minimum absolute atomic E-state index is 0.303. The van der Waals surface area contributed by atoms with E-state index in [4.69, 9.17) is 4.84 Å². The van der Waals surface area contributed by atoms with Crippen molar-refractivity contribution in [3.8, 4) is 0 Å². The zero-order valence-corrected chi connectivity index (χ0v) is 12.7. The highest BCUT2D eigenvalue weighted by Gasteiger charge is 2.52. The van der Waals surface area contributed by atoms with Crippen molar-refractivity contribution in [3.05, 3.63) is 36.0 Å². The normalized spacial score (nSPS) is 33.0. The fourth-order valence-electron chi connectivity index (χ4n) is 4.26. The second kappa shape index (κ2) is 4.26. The maximum absolute atomic E-state index is 5.96. The zero-order chi connectivity index (χ0) is 14.7. The molecule has 1 aromatic carbocycles. The first-order valence-corrected chi connectivity index (χ1v) is 8.07. The summed E-state index contributed by atoms with van der Waals surface area (Å²) < 4.78 is 2.19. The number of hydrogen-bond acceptors (Lipinski definition) is 4. The average molecular weight is 296 g/mol. The molecule has 5 nitrogen and oxygen atoms in total. The standard InChI is InChI=1S/C17H20N4O/c1-20-14-5-3-2-4-12(14)10-15(20)16-18-17(22-19-16)11-21-8-6-13(17)7-9-21/h2-5,10,13H,6-9,11H2,1H3,(H,18,19). The Kier molecular flexibility index (Phi) is 2.42. The Hall–Kier alpha value is -2.01. The number of para-hydroxylation sites is 1. The average Bonchev–Trinajstić information content (AvgIpc) is 3.11. The number of aryl methyl sites for hydroxylation is 1. The minimum atomic E-state index is -0.303. The van der Waals surface area contributed by atoms with Crippen LogP contribution in [0, 0.1) is 5.92 Å². The lowest BCUT2D eigenvalue weighted by Gasteiger charge is -2.49. The Morgan fingerprint density at radius 2 is 2.09 bits per heavy atom. The van der Waals surface area contributed by atoms with E-state index in [1.54, 1.807) is 0 Å². The summed E-state index contributed by atoms with van der Waals surface area (Å²) in [6, 6.07) is 10.6. The first-order valence-electron chi connectivity index (χ1n) is 8.07. The molecule has 1 N–H and O–H groups in total. The van der Waals surface area contributed by atoms with E-state index >= 15 is 0 Å². The molecule has 3 fully saturated rings. The van der Waals surface area contributed by atoms with Gasteiger partial charge in [-0.15, -0.1) is 0 Å². The SMILES string of the molecule is Cn1c(C2=NOC3(CN4CCC3CC4)N2)cc2ccccc21. The topological polar surface area (TPSA) is 41.8 Å². The van der Waals surface area contributed by atoms with Crippen molar-refractivity contribution in [3.63, 3.8) is 0 Å². The van der Waals surface area contributed by atoms with Crippen molar-refractivity contribution in [2.45, 2.75) is 18.6 Å². The molecule has 0 amide bonds. The lowest BCUT2D eigenvalue weighted by atomic mass is 9.81. The van der Waals surface area contributed by atoms with Crippen LogP contribution in [-0.4, -0.2) is 40.7 Å². The zero-order valence-electron chi connectivity index (χ0n) is 12.7. The van der Waals surface area contributed by atoms with Crippen molar-refractivity contribution in [2.75, 3.05) is 19.6 Å². The summed E-state index contributed by atoms with van der Waals surface area (Å²) in [5.74, 6) is 1.43. The summed E-state index contributed by atoms with van der Waals surface area (Å²) in [6.07, 6.45) is 2.40. The third-order valence-electron chi connectivity index (χ3n) is 5.53. The Bertz CT molecular complexity index is 772. The number of rotatable bonds is 1. The Labute approximate surface area is 129 Å². The van der Waals surface area contributed by atoms with Gasteiger partial charge in [-0.05, 0) is 38.1 Å². The highest BCUT2D eigenvalue weighted by molar-refractivity contribution is 6.02. The Morgan fingerprint density at radius 3 is 2.82 bits per heavy atom. The van der Waals surface area contributed by atoms with Gasteiger partial charge in [0, 0.05) is 23.9 Å². The molecule has 1 atom stereocenters. The molecule has 1 unspecified atom stereocenters. The number of amidine groups is 1. The molecule has 3 saturated heterocycles. The monoisotopic (exact) mass is 296 g/mol. The number of nitrogens with zero attached hydrogens (tertiary/aromatic N) is 3. The number of hydrogen-bond donors (Lipinski definition) is 1. The smallest absolute Gasteiger partial charge is 0.224 e. The largest absolute Gasteiger partial charge is 0.364 e. The van der Waals surface area contributed by atoms with Crippen LogP contribution < -0.4 is 5.32 Å². The fourth-order valence-corrected chi connectivity index (χ4v) is 4.26. The van der Waals surface area contributed by atoms with Gasteiger partial charge in [-0.1, -0.05) is 23.4 Å². The summed E-state index contributed by atoms with van der Waals surface area (Å²) >= 11 is 0. The van der Waals surface area contributed by atoms with E-state index in [0.717, 1.165) is 18.1 Å². The van der Waals surface area contributed by atoms with Crippen LogP contribution in [0.5, 0.6) is 0 Å². The Morgan fingerprint density at radius 1 is 1.27 bits per heavy atom. The van der Waals surface area contributed by atoms with Crippen LogP contribution in [0.3, 0.4) is 0 Å². The molecule has 0 saturated carbocycles. The van der Waals surface area contributed by atoms with Gasteiger partial charge < -0.3 is 14.7 Å². The van der Waals surface area contributed by atoms with Crippen LogP contribution in [0.2, 0.25) is 0 Å². The second-order valence-corrected chi connectivity index (χ2v) is 6.74. The highest BCUT2D eigenvalue weighted by Crippen LogP contribution is 2.39. The third-order valence-corrected chi connectivity index (χ3v) is 5.53. The molecule has 1 aromatic heterocycles. The van der Waals surface area contributed by atoms with Crippen molar-refractivity contribution in [2.24, 2.45) is 18.1 Å². The molecule has 5 heterocycles. The molecule has 22 heavy (non-hydrogen) atoms. The number of oxime groups is 1. The van der Waals surface area contributed by atoms with E-state index in [1.807, 2.05) is 0 Å². The fraction of sp³-hybridized carbons (Fsp3) is 0.471. The first-order chi connectivity index (χ1) is 10.8. The molecule has 6 rings (SSSR count). The minimum Gasteiger partial charge on any atom is -0.364 e. The van der Waals surface area contributed by atoms with Crippen molar-refractivity contribution in [1.82, 2.24) is 14.8 Å². The summed E-state index contributed by atoms with van der Waals surface area (Å²) in [5, 5.41) is 9.27. The highest BCUT2D eigenvalue weighted by atomic mass is 16.7. The second-order valence-electron chi connectivity index (χ2n) is 6.74. The molecule has 4 aliphatic rings. The number of piperidine rings is 3. The molecule has 1 spiro atoms. The van der Waals surface area contributed by atoms with Crippen LogP contribution in [-0.2, 0) is 11.9 Å². The maximum Gasteiger partial charge on any atom is 0.224 e. The number of fused-ring (bicyclic) bond motifs is 3. The van der Waals surface area contributed by atoms with Gasteiger partial charge in [-0.25, -0.2) is 0 Å². The lowest BCUT2D eigenvalue weighted by Crippen LogP contribution is -2.65. The molecular weight excluding hydrogens is 276 g/mol. The number of aromatic nitrogens is 1. The van der Waals surface area contributed by atoms with Crippen LogP contribution in [0.15, 0.2) is 35.5 Å². The third kappa shape index (κ3) is 1.60. The summed E-state index contributed by atoms with van der Waals surface area (Å²) in [5.41, 5.74) is 2.01. The van der Waals surface area contributed by atoms with E-state index in [1.165, 1.54) is 36.8 Å². The quantitative estimate of drug-likeness (QED) is 0.873. The van der Waals surface area contributed by atoms with Crippen molar-refractivity contribution in [1.29, 1.82) is 0 Å². The van der Waals surface area contributed by atoms with Crippen molar-refractivity contribution < 1.29 is 4.84 Å².